The van der Waals surface area contributed by atoms with Crippen LogP contribution < -0.4 is 10.6 Å². The van der Waals surface area contributed by atoms with Crippen LogP contribution in [0.5, 0.6) is 0 Å². The number of benzene rings is 1. The standard InChI is InChI=1S/C13H17BrFN3OS/c1-13(2)7-18(5-6-20-13)9-4-3-8(12(16)17-19)10(14)11(9)15/h3-4,19H,5-7H2,1-2H3,(H2,16,17). The lowest BCUT2D eigenvalue weighted by atomic mass is 10.1. The first-order valence-corrected chi connectivity index (χ1v) is 7.98. The lowest BCUT2D eigenvalue weighted by molar-refractivity contribution is 0.318. The number of anilines is 1. The lowest BCUT2D eigenvalue weighted by Gasteiger charge is -2.39. The van der Waals surface area contributed by atoms with Gasteiger partial charge in [-0.15, -0.1) is 0 Å². The molecule has 0 bridgehead atoms. The van der Waals surface area contributed by atoms with E-state index in [1.54, 1.807) is 12.1 Å². The summed E-state index contributed by atoms with van der Waals surface area (Å²) in [6.45, 7) is 5.90. The zero-order valence-electron chi connectivity index (χ0n) is 11.4. The quantitative estimate of drug-likeness (QED) is 0.368. The topological polar surface area (TPSA) is 61.8 Å². The van der Waals surface area contributed by atoms with E-state index in [1.807, 2.05) is 16.7 Å². The number of oxime groups is 1. The van der Waals surface area contributed by atoms with Crippen molar-refractivity contribution in [1.29, 1.82) is 0 Å². The van der Waals surface area contributed by atoms with Gasteiger partial charge in [0, 0.05) is 29.2 Å². The van der Waals surface area contributed by atoms with Crippen LogP contribution in [0.3, 0.4) is 0 Å². The molecule has 1 heterocycles. The normalized spacial score (nSPS) is 19.2. The molecule has 0 unspecified atom stereocenters. The molecule has 1 aliphatic rings. The van der Waals surface area contributed by atoms with Crippen molar-refractivity contribution >= 4 is 39.2 Å². The first-order chi connectivity index (χ1) is 9.35. The smallest absolute Gasteiger partial charge is 0.171 e. The van der Waals surface area contributed by atoms with Gasteiger partial charge >= 0.3 is 0 Å². The van der Waals surface area contributed by atoms with Gasteiger partial charge in [-0.05, 0) is 41.9 Å². The summed E-state index contributed by atoms with van der Waals surface area (Å²) in [7, 11) is 0. The van der Waals surface area contributed by atoms with Crippen molar-refractivity contribution in [3.63, 3.8) is 0 Å². The minimum absolute atomic E-state index is 0.0986. The highest BCUT2D eigenvalue weighted by atomic mass is 79.9. The fourth-order valence-corrected chi connectivity index (χ4v) is 3.91. The average Bonchev–Trinajstić information content (AvgIpc) is 2.39. The largest absolute Gasteiger partial charge is 0.409 e. The van der Waals surface area contributed by atoms with E-state index in [0.29, 0.717) is 11.3 Å². The minimum Gasteiger partial charge on any atom is -0.409 e. The number of nitrogens with zero attached hydrogens (tertiary/aromatic N) is 2. The summed E-state index contributed by atoms with van der Waals surface area (Å²) in [5.41, 5.74) is 6.41. The highest BCUT2D eigenvalue weighted by Crippen LogP contribution is 2.35. The number of halogens is 2. The Kier molecular flexibility index (Phi) is 4.49. The predicted molar refractivity (Wildman–Crippen MR) is 85.4 cm³/mol. The summed E-state index contributed by atoms with van der Waals surface area (Å²) in [6, 6.07) is 3.34. The lowest BCUT2D eigenvalue weighted by Crippen LogP contribution is -2.43. The molecular weight excluding hydrogens is 345 g/mol. The predicted octanol–water partition coefficient (Wildman–Crippen LogP) is 3.01. The van der Waals surface area contributed by atoms with Crippen LogP contribution in [0, 0.1) is 5.82 Å². The Labute approximate surface area is 130 Å². The van der Waals surface area contributed by atoms with Crippen LogP contribution >= 0.6 is 27.7 Å². The molecule has 0 aliphatic carbocycles. The van der Waals surface area contributed by atoms with E-state index in [4.69, 9.17) is 10.9 Å². The number of hydrogen-bond donors (Lipinski definition) is 2. The van der Waals surface area contributed by atoms with Gasteiger partial charge in [-0.1, -0.05) is 5.16 Å². The second kappa shape index (κ2) is 5.81. The molecule has 0 atom stereocenters. The zero-order chi connectivity index (χ0) is 14.9. The Bertz CT molecular complexity index is 551. The molecule has 1 aromatic rings. The highest BCUT2D eigenvalue weighted by molar-refractivity contribution is 9.10. The SMILES string of the molecule is CC1(C)CN(c2ccc(/C(N)=N/O)c(Br)c2F)CCS1. The van der Waals surface area contributed by atoms with Gasteiger partial charge in [-0.25, -0.2) is 4.39 Å². The summed E-state index contributed by atoms with van der Waals surface area (Å²) in [4.78, 5) is 2.03. The molecule has 20 heavy (non-hydrogen) atoms. The molecule has 0 radical (unpaired) electrons. The molecule has 110 valence electrons. The fraction of sp³-hybridized carbons (Fsp3) is 0.462. The van der Waals surface area contributed by atoms with E-state index < -0.39 is 0 Å². The summed E-state index contributed by atoms with van der Waals surface area (Å²) in [5.74, 6) is 0.472. The van der Waals surface area contributed by atoms with Crippen molar-refractivity contribution in [2.75, 3.05) is 23.7 Å². The molecule has 1 aliphatic heterocycles. The molecule has 4 nitrogen and oxygen atoms in total. The van der Waals surface area contributed by atoms with Crippen LogP contribution in [-0.4, -0.2) is 34.6 Å². The molecule has 1 fully saturated rings. The van der Waals surface area contributed by atoms with Crippen LogP contribution in [0.1, 0.15) is 19.4 Å². The Morgan fingerprint density at radius 2 is 2.25 bits per heavy atom. The van der Waals surface area contributed by atoms with Crippen LogP contribution in [-0.2, 0) is 0 Å². The monoisotopic (exact) mass is 361 g/mol. The van der Waals surface area contributed by atoms with Crippen molar-refractivity contribution in [3.8, 4) is 0 Å². The first kappa shape index (κ1) is 15.4. The average molecular weight is 362 g/mol. The maximum absolute atomic E-state index is 14.5. The maximum atomic E-state index is 14.5. The molecule has 2 rings (SSSR count). The zero-order valence-corrected chi connectivity index (χ0v) is 13.8. The third kappa shape index (κ3) is 3.03. The molecule has 7 heteroatoms. The number of nitrogens with two attached hydrogens (primary N) is 1. The number of rotatable bonds is 2. The van der Waals surface area contributed by atoms with E-state index in [-0.39, 0.29) is 20.9 Å². The summed E-state index contributed by atoms with van der Waals surface area (Å²) in [6.07, 6.45) is 0. The van der Waals surface area contributed by atoms with E-state index in [2.05, 4.69) is 34.9 Å². The van der Waals surface area contributed by atoms with Crippen molar-refractivity contribution in [3.05, 3.63) is 28.0 Å². The second-order valence-electron chi connectivity index (χ2n) is 5.28. The van der Waals surface area contributed by atoms with Gasteiger partial charge in [0.15, 0.2) is 11.7 Å². The van der Waals surface area contributed by atoms with E-state index in [1.165, 1.54) is 0 Å². The maximum Gasteiger partial charge on any atom is 0.171 e. The third-order valence-corrected chi connectivity index (χ3v) is 5.28. The molecule has 1 saturated heterocycles. The molecule has 3 N–H and O–H groups in total. The van der Waals surface area contributed by atoms with Crippen LogP contribution in [0.2, 0.25) is 0 Å². The van der Waals surface area contributed by atoms with Crippen LogP contribution in [0.4, 0.5) is 10.1 Å². The number of amidine groups is 1. The first-order valence-electron chi connectivity index (χ1n) is 6.20. The number of hydrogen-bond acceptors (Lipinski definition) is 4. The van der Waals surface area contributed by atoms with Gasteiger partial charge in [-0.3, -0.25) is 0 Å². The molecule has 0 amide bonds. The molecule has 0 saturated carbocycles. The minimum atomic E-state index is -0.378. The third-order valence-electron chi connectivity index (χ3n) is 3.21. The second-order valence-corrected chi connectivity index (χ2v) is 7.87. The van der Waals surface area contributed by atoms with Gasteiger partial charge in [-0.2, -0.15) is 11.8 Å². The van der Waals surface area contributed by atoms with Crippen molar-refractivity contribution in [2.24, 2.45) is 10.9 Å². The molecule has 0 aromatic heterocycles. The van der Waals surface area contributed by atoms with Crippen molar-refractivity contribution in [2.45, 2.75) is 18.6 Å². The van der Waals surface area contributed by atoms with Gasteiger partial charge in [0.2, 0.25) is 0 Å². The van der Waals surface area contributed by atoms with Crippen molar-refractivity contribution < 1.29 is 9.60 Å². The Morgan fingerprint density at radius 3 is 2.85 bits per heavy atom. The Balaban J connectivity index is 2.37. The van der Waals surface area contributed by atoms with E-state index in [0.717, 1.165) is 18.8 Å². The molecule has 1 aromatic carbocycles. The fourth-order valence-electron chi connectivity index (χ4n) is 2.26. The van der Waals surface area contributed by atoms with Crippen LogP contribution in [0.15, 0.2) is 21.8 Å². The summed E-state index contributed by atoms with van der Waals surface area (Å²) >= 11 is 5.08. The van der Waals surface area contributed by atoms with E-state index >= 15 is 0 Å². The Hall–Kier alpha value is -0.950. The van der Waals surface area contributed by atoms with Crippen LogP contribution in [0.25, 0.3) is 0 Å². The highest BCUT2D eigenvalue weighted by Gasteiger charge is 2.29. The van der Waals surface area contributed by atoms with Gasteiger partial charge in [0.25, 0.3) is 0 Å². The summed E-state index contributed by atoms with van der Waals surface area (Å²) < 4.78 is 14.8. The van der Waals surface area contributed by atoms with E-state index in [9.17, 15) is 4.39 Å². The molecule has 0 spiro atoms. The van der Waals surface area contributed by atoms with Crippen molar-refractivity contribution in [1.82, 2.24) is 0 Å². The van der Waals surface area contributed by atoms with Gasteiger partial charge < -0.3 is 15.8 Å². The molecular formula is C13H17BrFN3OS. The Morgan fingerprint density at radius 1 is 1.55 bits per heavy atom. The summed E-state index contributed by atoms with van der Waals surface area (Å²) in [5, 5.41) is 11.6. The van der Waals surface area contributed by atoms with Gasteiger partial charge in [0.1, 0.15) is 0 Å². The van der Waals surface area contributed by atoms with Gasteiger partial charge in [0.05, 0.1) is 10.2 Å². The number of thioether (sulfide) groups is 1.